The van der Waals surface area contributed by atoms with E-state index in [1.807, 2.05) is 48.2 Å². The Kier molecular flexibility index (Phi) is 3.86. The van der Waals surface area contributed by atoms with Crippen molar-refractivity contribution in [1.29, 1.82) is 0 Å². The first-order chi connectivity index (χ1) is 10.3. The molecule has 4 heteroatoms. The number of aromatic nitrogens is 1. The van der Waals surface area contributed by atoms with E-state index in [1.165, 1.54) is 0 Å². The van der Waals surface area contributed by atoms with Gasteiger partial charge in [-0.1, -0.05) is 18.2 Å². The lowest BCUT2D eigenvalue weighted by atomic mass is 10.1. The number of benzene rings is 1. The number of pyridine rings is 1. The summed E-state index contributed by atoms with van der Waals surface area (Å²) in [5.74, 6) is 0.976. The van der Waals surface area contributed by atoms with Crippen LogP contribution in [0.25, 0.3) is 0 Å². The van der Waals surface area contributed by atoms with Crippen molar-refractivity contribution in [3.8, 4) is 5.75 Å². The summed E-state index contributed by atoms with van der Waals surface area (Å²) in [7, 11) is 0. The maximum absolute atomic E-state index is 12.4. The fourth-order valence-corrected chi connectivity index (χ4v) is 2.53. The molecular weight excluding hydrogens is 264 g/mol. The summed E-state index contributed by atoms with van der Waals surface area (Å²) in [6, 6.07) is 11.7. The van der Waals surface area contributed by atoms with Gasteiger partial charge in [0.1, 0.15) is 5.75 Å². The van der Waals surface area contributed by atoms with Crippen LogP contribution in [0, 0.1) is 0 Å². The van der Waals surface area contributed by atoms with Gasteiger partial charge >= 0.3 is 0 Å². The monoisotopic (exact) mass is 282 g/mol. The quantitative estimate of drug-likeness (QED) is 0.865. The number of carbonyl (C=O) groups excluding carboxylic acids is 1. The molecule has 0 radical (unpaired) electrons. The maximum Gasteiger partial charge on any atom is 0.227 e. The number of hydrogen-bond donors (Lipinski definition) is 0. The Hall–Kier alpha value is -2.36. The molecule has 2 aromatic rings. The predicted molar refractivity (Wildman–Crippen MR) is 79.8 cm³/mol. The molecule has 1 amide bonds. The van der Waals surface area contributed by atoms with Crippen LogP contribution in [0.5, 0.6) is 5.75 Å². The molecule has 0 fully saturated rings. The Morgan fingerprint density at radius 1 is 1.24 bits per heavy atom. The first-order valence-electron chi connectivity index (χ1n) is 7.18. The average molecular weight is 282 g/mol. The molecule has 1 aromatic heterocycles. The first kappa shape index (κ1) is 13.6. The molecule has 0 N–H and O–H groups in total. The number of fused-ring (bicyclic) bond motifs is 1. The lowest BCUT2D eigenvalue weighted by Gasteiger charge is -2.15. The number of amides is 1. The van der Waals surface area contributed by atoms with Crippen LogP contribution in [0.2, 0.25) is 0 Å². The van der Waals surface area contributed by atoms with Crippen molar-refractivity contribution in [2.45, 2.75) is 26.4 Å². The van der Waals surface area contributed by atoms with Crippen LogP contribution in [0.3, 0.4) is 0 Å². The third-order valence-corrected chi connectivity index (χ3v) is 3.63. The summed E-state index contributed by atoms with van der Waals surface area (Å²) in [6.45, 7) is 3.89. The Morgan fingerprint density at radius 3 is 2.76 bits per heavy atom. The Labute approximate surface area is 124 Å². The van der Waals surface area contributed by atoms with Crippen LogP contribution >= 0.6 is 0 Å². The van der Waals surface area contributed by atoms with E-state index in [0.29, 0.717) is 26.1 Å². The topological polar surface area (TPSA) is 42.4 Å². The van der Waals surface area contributed by atoms with E-state index in [2.05, 4.69) is 4.98 Å². The minimum Gasteiger partial charge on any atom is -0.494 e. The Bertz CT molecular complexity index is 612. The maximum atomic E-state index is 12.4. The number of rotatable bonds is 4. The van der Waals surface area contributed by atoms with E-state index in [9.17, 15) is 4.79 Å². The van der Waals surface area contributed by atoms with Crippen molar-refractivity contribution in [2.24, 2.45) is 0 Å². The highest BCUT2D eigenvalue weighted by Crippen LogP contribution is 2.21. The highest BCUT2D eigenvalue weighted by molar-refractivity contribution is 5.79. The molecule has 0 saturated heterocycles. The molecule has 0 aliphatic carbocycles. The normalized spacial score (nSPS) is 13.1. The lowest BCUT2D eigenvalue weighted by Crippen LogP contribution is -2.26. The third kappa shape index (κ3) is 3.05. The van der Waals surface area contributed by atoms with Crippen LogP contribution in [0.1, 0.15) is 23.7 Å². The summed E-state index contributed by atoms with van der Waals surface area (Å²) in [5, 5.41) is 0. The SMILES string of the molecule is CCOc1ccc(CC(=O)N2Cc3cccnc3C2)cc1. The summed E-state index contributed by atoms with van der Waals surface area (Å²) < 4.78 is 5.40. The van der Waals surface area contributed by atoms with Gasteiger partial charge in [0.15, 0.2) is 0 Å². The van der Waals surface area contributed by atoms with Gasteiger partial charge in [-0.25, -0.2) is 0 Å². The smallest absolute Gasteiger partial charge is 0.227 e. The molecule has 4 nitrogen and oxygen atoms in total. The van der Waals surface area contributed by atoms with Crippen molar-refractivity contribution in [3.63, 3.8) is 0 Å². The van der Waals surface area contributed by atoms with Crippen LogP contribution in [-0.4, -0.2) is 22.4 Å². The van der Waals surface area contributed by atoms with Gasteiger partial charge in [0, 0.05) is 12.7 Å². The molecule has 0 bridgehead atoms. The second-order valence-electron chi connectivity index (χ2n) is 5.11. The highest BCUT2D eigenvalue weighted by atomic mass is 16.5. The first-order valence-corrected chi connectivity index (χ1v) is 7.18. The Morgan fingerprint density at radius 2 is 2.05 bits per heavy atom. The minimum atomic E-state index is 0.136. The van der Waals surface area contributed by atoms with Gasteiger partial charge in [-0.05, 0) is 36.2 Å². The molecule has 1 aliphatic heterocycles. The van der Waals surface area contributed by atoms with Gasteiger partial charge in [0.25, 0.3) is 0 Å². The third-order valence-electron chi connectivity index (χ3n) is 3.63. The van der Waals surface area contributed by atoms with Gasteiger partial charge in [0.2, 0.25) is 5.91 Å². The van der Waals surface area contributed by atoms with Crippen LogP contribution in [-0.2, 0) is 24.3 Å². The highest BCUT2D eigenvalue weighted by Gasteiger charge is 2.23. The minimum absolute atomic E-state index is 0.136. The van der Waals surface area contributed by atoms with Crippen molar-refractivity contribution in [3.05, 3.63) is 59.4 Å². The van der Waals surface area contributed by atoms with Crippen molar-refractivity contribution in [2.75, 3.05) is 6.61 Å². The molecule has 21 heavy (non-hydrogen) atoms. The molecule has 108 valence electrons. The Balaban J connectivity index is 1.62. The van der Waals surface area contributed by atoms with Crippen LogP contribution < -0.4 is 4.74 Å². The van der Waals surface area contributed by atoms with E-state index in [-0.39, 0.29) is 5.91 Å². The summed E-state index contributed by atoms with van der Waals surface area (Å²) in [4.78, 5) is 18.5. The molecule has 2 heterocycles. The van der Waals surface area contributed by atoms with Gasteiger partial charge in [-0.15, -0.1) is 0 Å². The zero-order valence-corrected chi connectivity index (χ0v) is 12.1. The second kappa shape index (κ2) is 5.95. The fraction of sp³-hybridized carbons (Fsp3) is 0.294. The summed E-state index contributed by atoms with van der Waals surface area (Å²) in [6.07, 6.45) is 2.19. The fourth-order valence-electron chi connectivity index (χ4n) is 2.53. The molecule has 0 unspecified atom stereocenters. The van der Waals surface area contributed by atoms with Crippen molar-refractivity contribution in [1.82, 2.24) is 9.88 Å². The van der Waals surface area contributed by atoms with Gasteiger partial charge in [-0.3, -0.25) is 9.78 Å². The molecule has 0 spiro atoms. The van der Waals surface area contributed by atoms with E-state index in [1.54, 1.807) is 6.20 Å². The molecule has 1 aromatic carbocycles. The number of hydrogen-bond acceptors (Lipinski definition) is 3. The molecule has 1 aliphatic rings. The number of nitrogens with zero attached hydrogens (tertiary/aromatic N) is 2. The van der Waals surface area contributed by atoms with Crippen LogP contribution in [0.15, 0.2) is 42.6 Å². The second-order valence-corrected chi connectivity index (χ2v) is 5.11. The molecule has 0 saturated carbocycles. The van der Waals surface area contributed by atoms with Crippen LogP contribution in [0.4, 0.5) is 0 Å². The van der Waals surface area contributed by atoms with Gasteiger partial charge in [0.05, 0.1) is 25.3 Å². The molecule has 0 atom stereocenters. The van der Waals surface area contributed by atoms with E-state index in [0.717, 1.165) is 22.6 Å². The van der Waals surface area contributed by atoms with E-state index >= 15 is 0 Å². The van der Waals surface area contributed by atoms with Crippen molar-refractivity contribution < 1.29 is 9.53 Å². The largest absolute Gasteiger partial charge is 0.494 e. The summed E-state index contributed by atoms with van der Waals surface area (Å²) >= 11 is 0. The number of ether oxygens (including phenoxy) is 1. The number of carbonyl (C=O) groups is 1. The van der Waals surface area contributed by atoms with Crippen molar-refractivity contribution >= 4 is 5.91 Å². The van der Waals surface area contributed by atoms with E-state index < -0.39 is 0 Å². The van der Waals surface area contributed by atoms with Gasteiger partial charge in [-0.2, -0.15) is 0 Å². The summed E-state index contributed by atoms with van der Waals surface area (Å²) in [5.41, 5.74) is 3.17. The predicted octanol–water partition coefficient (Wildman–Crippen LogP) is 2.57. The lowest BCUT2D eigenvalue weighted by molar-refractivity contribution is -0.131. The molecular formula is C17H18N2O2. The zero-order chi connectivity index (χ0) is 14.7. The van der Waals surface area contributed by atoms with E-state index in [4.69, 9.17) is 4.74 Å². The zero-order valence-electron chi connectivity index (χ0n) is 12.1. The standard InChI is InChI=1S/C17H18N2O2/c1-2-21-15-7-5-13(6-8-15)10-17(20)19-11-14-4-3-9-18-16(14)12-19/h3-9H,2,10-12H2,1H3. The average Bonchev–Trinajstić information content (AvgIpc) is 2.94. The molecule has 3 rings (SSSR count). The van der Waals surface area contributed by atoms with Gasteiger partial charge < -0.3 is 9.64 Å².